The summed E-state index contributed by atoms with van der Waals surface area (Å²) in [6.45, 7) is 1.47. The van der Waals surface area contributed by atoms with E-state index in [1.54, 1.807) is 11.3 Å². The summed E-state index contributed by atoms with van der Waals surface area (Å²) in [5.41, 5.74) is 1.87. The molecule has 1 amide bonds. The Hall–Kier alpha value is -2.18. The quantitative estimate of drug-likeness (QED) is 0.751. The van der Waals surface area contributed by atoms with E-state index in [2.05, 4.69) is 4.98 Å². The number of thiophene rings is 1. The molecule has 3 aromatic heterocycles. The minimum Gasteiger partial charge on any atom is -0.387 e. The van der Waals surface area contributed by atoms with Gasteiger partial charge in [0.15, 0.2) is 0 Å². The van der Waals surface area contributed by atoms with Crippen molar-refractivity contribution in [2.75, 3.05) is 13.1 Å². The van der Waals surface area contributed by atoms with Crippen molar-refractivity contribution in [1.29, 1.82) is 0 Å². The summed E-state index contributed by atoms with van der Waals surface area (Å²) < 4.78 is 1.98. The van der Waals surface area contributed by atoms with Gasteiger partial charge in [-0.15, -0.1) is 11.3 Å². The lowest BCUT2D eigenvalue weighted by atomic mass is 9.90. The molecule has 3 aromatic rings. The van der Waals surface area contributed by atoms with Crippen molar-refractivity contribution >= 4 is 22.9 Å². The minimum atomic E-state index is -0.398. The van der Waals surface area contributed by atoms with Gasteiger partial charge >= 0.3 is 0 Å². The molecular weight excluding hydrogens is 346 g/mol. The van der Waals surface area contributed by atoms with Crippen LogP contribution in [0.5, 0.6) is 0 Å². The van der Waals surface area contributed by atoms with E-state index in [0.29, 0.717) is 12.8 Å². The fourth-order valence-electron chi connectivity index (χ4n) is 3.66. The van der Waals surface area contributed by atoms with Crippen LogP contribution < -0.4 is 0 Å². The third-order valence-corrected chi connectivity index (χ3v) is 6.13. The lowest BCUT2D eigenvalue weighted by Gasteiger charge is -2.34. The largest absolute Gasteiger partial charge is 0.387 e. The third-order valence-electron chi connectivity index (χ3n) is 5.18. The van der Waals surface area contributed by atoms with Gasteiger partial charge in [-0.05, 0) is 48.8 Å². The number of hydrogen-bond donors (Lipinski definition) is 1. The molecule has 1 N–H and O–H groups in total. The normalized spacial score (nSPS) is 16.9. The first-order chi connectivity index (χ1) is 12.7. The maximum absolute atomic E-state index is 12.5. The molecule has 0 aliphatic carbocycles. The number of imidazole rings is 1. The number of fused-ring (bicyclic) bond motifs is 1. The highest BCUT2D eigenvalue weighted by molar-refractivity contribution is 7.10. The number of aliphatic hydroxyl groups is 1. The number of aliphatic hydroxyl groups excluding tert-OH is 1. The fourth-order valence-corrected chi connectivity index (χ4v) is 4.46. The van der Waals surface area contributed by atoms with Crippen molar-refractivity contribution < 1.29 is 9.90 Å². The van der Waals surface area contributed by atoms with E-state index in [-0.39, 0.29) is 11.8 Å². The summed E-state index contributed by atoms with van der Waals surface area (Å²) in [6, 6.07) is 9.86. The van der Waals surface area contributed by atoms with Gasteiger partial charge < -0.3 is 14.4 Å². The first kappa shape index (κ1) is 17.2. The molecule has 6 heteroatoms. The summed E-state index contributed by atoms with van der Waals surface area (Å²) in [5, 5.41) is 12.5. The second-order valence-corrected chi connectivity index (χ2v) is 7.86. The van der Waals surface area contributed by atoms with E-state index in [4.69, 9.17) is 0 Å². The van der Waals surface area contributed by atoms with Crippen LogP contribution in [0.1, 0.15) is 35.9 Å². The van der Waals surface area contributed by atoms with Gasteiger partial charge in [0.25, 0.3) is 0 Å². The highest BCUT2D eigenvalue weighted by Gasteiger charge is 2.28. The fraction of sp³-hybridized carbons (Fsp3) is 0.400. The molecule has 1 saturated heterocycles. The SMILES string of the molecule is O=C(CCc1cn2ccccc2n1)N1CCC([C@@H](O)c2cccs2)CC1. The first-order valence-corrected chi connectivity index (χ1v) is 10.0. The van der Waals surface area contributed by atoms with Crippen molar-refractivity contribution in [1.82, 2.24) is 14.3 Å². The maximum Gasteiger partial charge on any atom is 0.222 e. The number of carbonyl (C=O) groups excluding carboxylic acids is 1. The monoisotopic (exact) mass is 369 g/mol. The maximum atomic E-state index is 12.5. The van der Waals surface area contributed by atoms with E-state index < -0.39 is 6.10 Å². The van der Waals surface area contributed by atoms with Gasteiger partial charge in [-0.2, -0.15) is 0 Å². The standard InChI is InChI=1S/C20H23N3O2S/c24-19(7-6-16-14-23-10-2-1-5-18(23)21-16)22-11-8-15(9-12-22)20(25)17-4-3-13-26-17/h1-5,10,13-15,20,25H,6-9,11-12H2/t20-/m1/s1. The molecule has 0 unspecified atom stereocenters. The van der Waals surface area contributed by atoms with Crippen LogP contribution >= 0.6 is 11.3 Å². The number of rotatable bonds is 5. The van der Waals surface area contributed by atoms with Gasteiger partial charge in [0.1, 0.15) is 5.65 Å². The molecule has 5 nitrogen and oxygen atoms in total. The number of likely N-dealkylation sites (tertiary alicyclic amines) is 1. The van der Waals surface area contributed by atoms with Gasteiger partial charge in [0.05, 0.1) is 11.8 Å². The van der Waals surface area contributed by atoms with Gasteiger partial charge in [-0.3, -0.25) is 4.79 Å². The Morgan fingerprint density at radius 2 is 2.12 bits per heavy atom. The summed E-state index contributed by atoms with van der Waals surface area (Å²) in [5.74, 6) is 0.433. The van der Waals surface area contributed by atoms with Crippen LogP contribution in [0.15, 0.2) is 48.1 Å². The van der Waals surface area contributed by atoms with E-state index in [1.165, 1.54) is 0 Å². The third kappa shape index (κ3) is 3.66. The zero-order valence-corrected chi connectivity index (χ0v) is 15.4. The Kier molecular flexibility index (Phi) is 5.04. The average molecular weight is 369 g/mol. The zero-order chi connectivity index (χ0) is 17.9. The number of carbonyl (C=O) groups is 1. The van der Waals surface area contributed by atoms with E-state index in [0.717, 1.165) is 42.1 Å². The molecule has 1 atom stereocenters. The Balaban J connectivity index is 1.28. The molecule has 0 saturated carbocycles. The van der Waals surface area contributed by atoms with Crippen LogP contribution in [-0.4, -0.2) is 38.4 Å². The summed E-state index contributed by atoms with van der Waals surface area (Å²) in [6.07, 6.45) is 6.44. The second kappa shape index (κ2) is 7.60. The molecular formula is C20H23N3O2S. The number of hydrogen-bond acceptors (Lipinski definition) is 4. The molecule has 0 aromatic carbocycles. The molecule has 4 rings (SSSR count). The smallest absolute Gasteiger partial charge is 0.222 e. The van der Waals surface area contributed by atoms with Crippen LogP contribution in [0.25, 0.3) is 5.65 Å². The van der Waals surface area contributed by atoms with Crippen molar-refractivity contribution in [3.8, 4) is 0 Å². The Morgan fingerprint density at radius 3 is 2.85 bits per heavy atom. The molecule has 136 valence electrons. The van der Waals surface area contributed by atoms with Crippen molar-refractivity contribution in [2.45, 2.75) is 31.8 Å². The van der Waals surface area contributed by atoms with Crippen molar-refractivity contribution in [2.24, 2.45) is 5.92 Å². The summed E-state index contributed by atoms with van der Waals surface area (Å²) in [4.78, 5) is 20.0. The first-order valence-electron chi connectivity index (χ1n) is 9.12. The summed E-state index contributed by atoms with van der Waals surface area (Å²) in [7, 11) is 0. The van der Waals surface area contributed by atoms with Gasteiger partial charge in [0, 0.05) is 36.8 Å². The van der Waals surface area contributed by atoms with Crippen LogP contribution in [0.2, 0.25) is 0 Å². The lowest BCUT2D eigenvalue weighted by Crippen LogP contribution is -2.39. The number of nitrogens with zero attached hydrogens (tertiary/aromatic N) is 3. The van der Waals surface area contributed by atoms with Crippen LogP contribution in [-0.2, 0) is 11.2 Å². The molecule has 26 heavy (non-hydrogen) atoms. The van der Waals surface area contributed by atoms with Crippen LogP contribution in [0.4, 0.5) is 0 Å². The number of amides is 1. The number of piperidine rings is 1. The zero-order valence-electron chi connectivity index (χ0n) is 14.6. The Labute approximate surface area is 156 Å². The van der Waals surface area contributed by atoms with Crippen molar-refractivity contribution in [3.05, 3.63) is 58.7 Å². The summed E-state index contributed by atoms with van der Waals surface area (Å²) >= 11 is 1.60. The molecule has 1 aliphatic rings. The predicted molar refractivity (Wildman–Crippen MR) is 102 cm³/mol. The molecule has 0 spiro atoms. The topological polar surface area (TPSA) is 57.8 Å². The number of aromatic nitrogens is 2. The molecule has 1 fully saturated rings. The highest BCUT2D eigenvalue weighted by Crippen LogP contribution is 2.33. The molecule has 0 radical (unpaired) electrons. The molecule has 1 aliphatic heterocycles. The molecule has 0 bridgehead atoms. The predicted octanol–water partition coefficient (Wildman–Crippen LogP) is 3.30. The highest BCUT2D eigenvalue weighted by atomic mass is 32.1. The Morgan fingerprint density at radius 1 is 1.27 bits per heavy atom. The van der Waals surface area contributed by atoms with Gasteiger partial charge in [-0.1, -0.05) is 12.1 Å². The van der Waals surface area contributed by atoms with Gasteiger partial charge in [0.2, 0.25) is 5.91 Å². The van der Waals surface area contributed by atoms with E-state index in [1.807, 2.05) is 57.4 Å². The van der Waals surface area contributed by atoms with E-state index in [9.17, 15) is 9.90 Å². The number of aryl methyl sites for hydroxylation is 1. The van der Waals surface area contributed by atoms with Crippen molar-refractivity contribution in [3.63, 3.8) is 0 Å². The van der Waals surface area contributed by atoms with Gasteiger partial charge in [-0.25, -0.2) is 4.98 Å². The molecule has 4 heterocycles. The minimum absolute atomic E-state index is 0.186. The van der Waals surface area contributed by atoms with Crippen LogP contribution in [0.3, 0.4) is 0 Å². The lowest BCUT2D eigenvalue weighted by molar-refractivity contribution is -0.133. The second-order valence-electron chi connectivity index (χ2n) is 6.88. The average Bonchev–Trinajstić information content (AvgIpc) is 3.35. The number of pyridine rings is 1. The van der Waals surface area contributed by atoms with Crippen LogP contribution in [0, 0.1) is 5.92 Å². The Bertz CT molecular complexity index is 833. The van der Waals surface area contributed by atoms with E-state index >= 15 is 0 Å².